The first kappa shape index (κ1) is 23.5. The van der Waals surface area contributed by atoms with E-state index in [1.54, 1.807) is 6.92 Å². The van der Waals surface area contributed by atoms with Crippen LogP contribution in [0.5, 0.6) is 0 Å². The van der Waals surface area contributed by atoms with Gasteiger partial charge in [-0.1, -0.05) is 0 Å². The highest BCUT2D eigenvalue weighted by Crippen LogP contribution is 2.19. The van der Waals surface area contributed by atoms with Gasteiger partial charge >= 0.3 is 5.97 Å². The molecule has 1 heterocycles. The van der Waals surface area contributed by atoms with Crippen LogP contribution in [0.15, 0.2) is 15.4 Å². The van der Waals surface area contributed by atoms with E-state index in [1.165, 1.54) is 6.20 Å². The quantitative estimate of drug-likeness (QED) is 0.557. The Morgan fingerprint density at radius 2 is 2.04 bits per heavy atom. The van der Waals surface area contributed by atoms with Gasteiger partial charge in [0.05, 0.1) is 18.9 Å². The predicted molar refractivity (Wildman–Crippen MR) is 102 cm³/mol. The van der Waals surface area contributed by atoms with Crippen molar-refractivity contribution >= 4 is 56.1 Å². The number of aromatic nitrogens is 2. The molecule has 2 rings (SSSR count). The average molecular weight is 491 g/mol. The normalized spacial score (nSPS) is 19.4. The standard InChI is InChI=1S/C8H9Br2N3O2.C6H13NO.ClH/c1-2-15-6(14)4-12-8-7(10)13-5(9)3-11-8;7-5-1-3-6(8)4-2-5;/h3H,2,4H2,1H3,(H,11,12);5-6,8H,1-4,7H2;1H. The van der Waals surface area contributed by atoms with Gasteiger partial charge in [-0.15, -0.1) is 12.4 Å². The number of carbonyl (C=O) groups is 1. The predicted octanol–water partition coefficient (Wildman–Crippen LogP) is 2.65. The number of carbonyl (C=O) groups excluding carboxylic acids is 1. The van der Waals surface area contributed by atoms with Gasteiger partial charge in [-0.2, -0.15) is 0 Å². The molecule has 0 aromatic carbocycles. The first-order chi connectivity index (χ1) is 10.9. The Morgan fingerprint density at radius 1 is 1.42 bits per heavy atom. The second-order valence-electron chi connectivity index (χ2n) is 5.06. The molecule has 7 nitrogen and oxygen atoms in total. The van der Waals surface area contributed by atoms with Gasteiger partial charge in [0, 0.05) is 6.04 Å². The van der Waals surface area contributed by atoms with E-state index in [0.29, 0.717) is 27.7 Å². The van der Waals surface area contributed by atoms with Crippen molar-refractivity contribution < 1.29 is 14.6 Å². The molecule has 1 aliphatic rings. The third-order valence-electron chi connectivity index (χ3n) is 3.15. The highest BCUT2D eigenvalue weighted by atomic mass is 79.9. The van der Waals surface area contributed by atoms with Crippen molar-refractivity contribution in [1.29, 1.82) is 0 Å². The fourth-order valence-electron chi connectivity index (χ4n) is 1.93. The van der Waals surface area contributed by atoms with Crippen LogP contribution in [0.2, 0.25) is 0 Å². The molecule has 0 atom stereocenters. The SMILES string of the molecule is CCOC(=O)CNc1ncc(Br)nc1Br.Cl.NC1CCC(O)CC1. The Labute approximate surface area is 164 Å². The molecule has 1 fully saturated rings. The van der Waals surface area contributed by atoms with Gasteiger partial charge in [-0.3, -0.25) is 4.79 Å². The molecule has 0 unspecified atom stereocenters. The summed E-state index contributed by atoms with van der Waals surface area (Å²) in [4.78, 5) is 19.1. The minimum absolute atomic E-state index is 0. The summed E-state index contributed by atoms with van der Waals surface area (Å²) in [6, 6.07) is 0.360. The molecule has 0 bridgehead atoms. The Kier molecular flexibility index (Phi) is 12.6. The van der Waals surface area contributed by atoms with Crippen LogP contribution < -0.4 is 11.1 Å². The molecule has 1 aromatic heterocycles. The van der Waals surface area contributed by atoms with Crippen LogP contribution in [-0.2, 0) is 9.53 Å². The number of hydrogen-bond acceptors (Lipinski definition) is 7. The smallest absolute Gasteiger partial charge is 0.325 e. The molecule has 4 N–H and O–H groups in total. The van der Waals surface area contributed by atoms with Crippen molar-refractivity contribution in [2.75, 3.05) is 18.5 Å². The number of ether oxygens (including phenoxy) is 1. The number of halogens is 3. The fraction of sp³-hybridized carbons (Fsp3) is 0.643. The summed E-state index contributed by atoms with van der Waals surface area (Å²) in [5.41, 5.74) is 5.59. The Bertz CT molecular complexity index is 493. The Morgan fingerprint density at radius 3 is 2.54 bits per heavy atom. The van der Waals surface area contributed by atoms with E-state index in [-0.39, 0.29) is 31.0 Å². The number of hydrogen-bond donors (Lipinski definition) is 3. The van der Waals surface area contributed by atoms with Crippen molar-refractivity contribution in [2.45, 2.75) is 44.8 Å². The van der Waals surface area contributed by atoms with E-state index in [2.05, 4.69) is 47.1 Å². The number of esters is 1. The number of anilines is 1. The van der Waals surface area contributed by atoms with Crippen molar-refractivity contribution in [3.63, 3.8) is 0 Å². The molecule has 1 aliphatic carbocycles. The second kappa shape index (κ2) is 12.8. The summed E-state index contributed by atoms with van der Waals surface area (Å²) in [7, 11) is 0. The summed E-state index contributed by atoms with van der Waals surface area (Å²) in [6.07, 6.45) is 5.29. The highest BCUT2D eigenvalue weighted by Gasteiger charge is 2.14. The van der Waals surface area contributed by atoms with Crippen LogP contribution >= 0.6 is 44.3 Å². The molecular formula is C14H23Br2ClN4O3. The molecule has 1 saturated carbocycles. The van der Waals surface area contributed by atoms with Crippen molar-refractivity contribution in [2.24, 2.45) is 5.73 Å². The van der Waals surface area contributed by atoms with Gasteiger partial charge in [0.2, 0.25) is 0 Å². The first-order valence-electron chi connectivity index (χ1n) is 7.43. The van der Waals surface area contributed by atoms with E-state index >= 15 is 0 Å². The van der Waals surface area contributed by atoms with Crippen molar-refractivity contribution in [3.05, 3.63) is 15.4 Å². The molecular weight excluding hydrogens is 467 g/mol. The van der Waals surface area contributed by atoms with Crippen molar-refractivity contribution in [3.8, 4) is 0 Å². The second-order valence-corrected chi connectivity index (χ2v) is 6.62. The summed E-state index contributed by atoms with van der Waals surface area (Å²) in [5, 5.41) is 11.8. The zero-order chi connectivity index (χ0) is 17.2. The highest BCUT2D eigenvalue weighted by molar-refractivity contribution is 9.11. The largest absolute Gasteiger partial charge is 0.465 e. The molecule has 0 spiro atoms. The average Bonchev–Trinajstić information content (AvgIpc) is 2.50. The fourth-order valence-corrected chi connectivity index (χ4v) is 2.89. The summed E-state index contributed by atoms with van der Waals surface area (Å²) >= 11 is 6.40. The summed E-state index contributed by atoms with van der Waals surface area (Å²) < 4.78 is 5.92. The molecule has 0 aliphatic heterocycles. The van der Waals surface area contributed by atoms with Crippen molar-refractivity contribution in [1.82, 2.24) is 9.97 Å². The van der Waals surface area contributed by atoms with Gasteiger partial charge in [0.25, 0.3) is 0 Å². The zero-order valence-corrected chi connectivity index (χ0v) is 17.4. The van der Waals surface area contributed by atoms with Crippen LogP contribution in [0.3, 0.4) is 0 Å². The third kappa shape index (κ3) is 9.73. The molecule has 0 radical (unpaired) electrons. The maximum atomic E-state index is 11.0. The van der Waals surface area contributed by atoms with Gasteiger partial charge in [-0.25, -0.2) is 9.97 Å². The van der Waals surface area contributed by atoms with Gasteiger partial charge in [0.1, 0.15) is 15.8 Å². The Hall–Kier alpha value is -0.480. The number of aliphatic hydroxyl groups is 1. The lowest BCUT2D eigenvalue weighted by Gasteiger charge is -2.21. The van der Waals surface area contributed by atoms with E-state index in [1.807, 2.05) is 0 Å². The molecule has 0 amide bonds. The monoisotopic (exact) mass is 488 g/mol. The van der Waals surface area contributed by atoms with E-state index in [0.717, 1.165) is 25.7 Å². The molecule has 1 aromatic rings. The number of nitrogens with one attached hydrogen (secondary N) is 1. The number of rotatable bonds is 4. The topological polar surface area (TPSA) is 110 Å². The van der Waals surface area contributed by atoms with Gasteiger partial charge < -0.3 is 20.9 Å². The van der Waals surface area contributed by atoms with Crippen LogP contribution in [0.4, 0.5) is 5.82 Å². The lowest BCUT2D eigenvalue weighted by molar-refractivity contribution is -0.140. The van der Waals surface area contributed by atoms with Crippen LogP contribution in [0, 0.1) is 0 Å². The van der Waals surface area contributed by atoms with Crippen LogP contribution in [-0.4, -0.2) is 46.3 Å². The van der Waals surface area contributed by atoms with Crippen LogP contribution in [0.25, 0.3) is 0 Å². The van der Waals surface area contributed by atoms with E-state index in [4.69, 9.17) is 15.6 Å². The van der Waals surface area contributed by atoms with E-state index < -0.39 is 0 Å². The Balaban J connectivity index is 0.000000498. The number of aliphatic hydroxyl groups excluding tert-OH is 1. The number of nitrogens with zero attached hydrogens (tertiary/aromatic N) is 2. The van der Waals surface area contributed by atoms with Gasteiger partial charge in [-0.05, 0) is 64.5 Å². The molecule has 24 heavy (non-hydrogen) atoms. The minimum atomic E-state index is -0.325. The number of nitrogens with two attached hydrogens (primary N) is 1. The molecule has 10 heteroatoms. The lowest BCUT2D eigenvalue weighted by atomic mass is 9.94. The summed E-state index contributed by atoms with van der Waals surface area (Å²) in [6.45, 7) is 2.20. The van der Waals surface area contributed by atoms with Gasteiger partial charge in [0.15, 0.2) is 5.82 Å². The lowest BCUT2D eigenvalue weighted by Crippen LogP contribution is -2.28. The maximum absolute atomic E-state index is 11.0. The molecule has 0 saturated heterocycles. The van der Waals surface area contributed by atoms with E-state index in [9.17, 15) is 4.79 Å². The van der Waals surface area contributed by atoms with Crippen LogP contribution in [0.1, 0.15) is 32.6 Å². The zero-order valence-electron chi connectivity index (χ0n) is 13.4. The first-order valence-corrected chi connectivity index (χ1v) is 9.02. The maximum Gasteiger partial charge on any atom is 0.325 e. The molecule has 138 valence electrons. The minimum Gasteiger partial charge on any atom is -0.465 e. The summed E-state index contributed by atoms with van der Waals surface area (Å²) in [5.74, 6) is 0.181. The third-order valence-corrected chi connectivity index (χ3v) is 4.08.